The lowest BCUT2D eigenvalue weighted by Crippen LogP contribution is -2.03. The molecule has 2 nitrogen and oxygen atoms in total. The maximum atomic E-state index is 12.4. The van der Waals surface area contributed by atoms with Crippen molar-refractivity contribution in [1.82, 2.24) is 4.98 Å². The summed E-state index contributed by atoms with van der Waals surface area (Å²) in [6.07, 6.45) is -4.32. The third kappa shape index (κ3) is 2.33. The smallest absolute Gasteiger partial charge is 0.416 e. The van der Waals surface area contributed by atoms with Crippen LogP contribution in [0.2, 0.25) is 0 Å². The number of oxazole rings is 1. The molecule has 0 aliphatic carbocycles. The molecule has 1 aromatic heterocycles. The molecule has 2 aromatic rings. The van der Waals surface area contributed by atoms with Gasteiger partial charge in [-0.3, -0.25) is 0 Å². The van der Waals surface area contributed by atoms with Crippen molar-refractivity contribution >= 4 is 0 Å². The van der Waals surface area contributed by atoms with Crippen LogP contribution in [0.4, 0.5) is 13.2 Å². The zero-order valence-electron chi connectivity index (χ0n) is 9.30. The minimum Gasteiger partial charge on any atom is -0.441 e. The highest BCUT2D eigenvalue weighted by Crippen LogP contribution is 2.31. The van der Waals surface area contributed by atoms with Gasteiger partial charge in [-0.25, -0.2) is 4.98 Å². The first kappa shape index (κ1) is 11.7. The molecule has 0 N–H and O–H groups in total. The fourth-order valence-electron chi connectivity index (χ4n) is 1.40. The minimum absolute atomic E-state index is 0.341. The Labute approximate surface area is 96.1 Å². The van der Waals surface area contributed by atoms with Gasteiger partial charge in [0.15, 0.2) is 0 Å². The molecule has 0 saturated carbocycles. The highest BCUT2D eigenvalue weighted by Gasteiger charge is 2.30. The number of hydrogen-bond acceptors (Lipinski definition) is 2. The lowest BCUT2D eigenvalue weighted by Gasteiger charge is -2.05. The Bertz CT molecular complexity index is 506. The summed E-state index contributed by atoms with van der Waals surface area (Å²) in [5.41, 5.74) is 0.593. The number of rotatable bonds is 1. The predicted octanol–water partition coefficient (Wildman–Crippen LogP) is 3.98. The first-order valence-corrected chi connectivity index (χ1v) is 4.99. The monoisotopic (exact) mass is 241 g/mol. The van der Waals surface area contributed by atoms with Gasteiger partial charge < -0.3 is 4.42 Å². The largest absolute Gasteiger partial charge is 0.441 e. The van der Waals surface area contributed by atoms with Crippen LogP contribution < -0.4 is 0 Å². The second kappa shape index (κ2) is 3.91. The van der Waals surface area contributed by atoms with Crippen LogP contribution in [0.1, 0.15) is 17.0 Å². The number of halogens is 3. The van der Waals surface area contributed by atoms with Crippen LogP contribution in [0.15, 0.2) is 28.7 Å². The van der Waals surface area contributed by atoms with Crippen molar-refractivity contribution in [1.29, 1.82) is 0 Å². The number of nitrogens with zero attached hydrogens (tertiary/aromatic N) is 1. The Morgan fingerprint density at radius 2 is 1.65 bits per heavy atom. The zero-order chi connectivity index (χ0) is 12.6. The van der Waals surface area contributed by atoms with Crippen LogP contribution in [0.3, 0.4) is 0 Å². The molecule has 5 heteroatoms. The summed E-state index contributed by atoms with van der Waals surface area (Å²) >= 11 is 0. The van der Waals surface area contributed by atoms with E-state index in [0.29, 0.717) is 17.2 Å². The molecule has 0 fully saturated rings. The van der Waals surface area contributed by atoms with E-state index in [2.05, 4.69) is 4.98 Å². The van der Waals surface area contributed by atoms with Crippen molar-refractivity contribution in [3.63, 3.8) is 0 Å². The molecule has 0 atom stereocenters. The SMILES string of the molecule is Cc1nc(-c2ccc(C(F)(F)F)cc2)oc1C. The summed E-state index contributed by atoms with van der Waals surface area (Å²) in [6.45, 7) is 3.54. The molecule has 90 valence electrons. The van der Waals surface area contributed by atoms with E-state index in [0.717, 1.165) is 17.8 Å². The number of aryl methyl sites for hydroxylation is 2. The lowest BCUT2D eigenvalue weighted by atomic mass is 10.1. The van der Waals surface area contributed by atoms with E-state index >= 15 is 0 Å². The van der Waals surface area contributed by atoms with Gasteiger partial charge in [-0.2, -0.15) is 13.2 Å². The highest BCUT2D eigenvalue weighted by atomic mass is 19.4. The minimum atomic E-state index is -4.32. The molecule has 0 aliphatic rings. The molecule has 17 heavy (non-hydrogen) atoms. The average Bonchev–Trinajstić information content (AvgIpc) is 2.58. The van der Waals surface area contributed by atoms with Crippen LogP contribution >= 0.6 is 0 Å². The normalized spacial score (nSPS) is 11.8. The summed E-state index contributed by atoms with van der Waals surface area (Å²) in [4.78, 5) is 4.12. The molecule has 2 rings (SSSR count). The maximum Gasteiger partial charge on any atom is 0.416 e. The van der Waals surface area contributed by atoms with Crippen molar-refractivity contribution in [2.75, 3.05) is 0 Å². The van der Waals surface area contributed by atoms with Gasteiger partial charge in [-0.1, -0.05) is 0 Å². The van der Waals surface area contributed by atoms with E-state index in [1.165, 1.54) is 12.1 Å². The predicted molar refractivity (Wildman–Crippen MR) is 56.4 cm³/mol. The van der Waals surface area contributed by atoms with E-state index in [1.807, 2.05) is 0 Å². The van der Waals surface area contributed by atoms with Gasteiger partial charge in [0.2, 0.25) is 5.89 Å². The van der Waals surface area contributed by atoms with Gasteiger partial charge in [0.25, 0.3) is 0 Å². The fourth-order valence-corrected chi connectivity index (χ4v) is 1.40. The van der Waals surface area contributed by atoms with Crippen LogP contribution in [0, 0.1) is 13.8 Å². The highest BCUT2D eigenvalue weighted by molar-refractivity contribution is 5.54. The van der Waals surface area contributed by atoms with E-state index in [4.69, 9.17) is 4.42 Å². The number of hydrogen-bond donors (Lipinski definition) is 0. The van der Waals surface area contributed by atoms with Crippen LogP contribution in [-0.2, 0) is 6.18 Å². The van der Waals surface area contributed by atoms with Gasteiger partial charge in [-0.15, -0.1) is 0 Å². The van der Waals surface area contributed by atoms with Gasteiger partial charge in [-0.05, 0) is 38.1 Å². The third-order valence-corrected chi connectivity index (χ3v) is 2.49. The van der Waals surface area contributed by atoms with Crippen LogP contribution in [0.5, 0.6) is 0 Å². The molecule has 1 aromatic carbocycles. The molecule has 1 heterocycles. The molecule has 0 radical (unpaired) electrons. The van der Waals surface area contributed by atoms with Crippen molar-refractivity contribution in [3.05, 3.63) is 41.3 Å². The van der Waals surface area contributed by atoms with Crippen molar-refractivity contribution in [3.8, 4) is 11.5 Å². The van der Waals surface area contributed by atoms with E-state index in [-0.39, 0.29) is 0 Å². The Morgan fingerprint density at radius 3 is 2.06 bits per heavy atom. The summed E-state index contributed by atoms with van der Waals surface area (Å²) in [7, 11) is 0. The van der Waals surface area contributed by atoms with E-state index in [1.54, 1.807) is 13.8 Å². The zero-order valence-corrected chi connectivity index (χ0v) is 9.30. The molecule has 0 saturated heterocycles. The molecule has 0 amide bonds. The van der Waals surface area contributed by atoms with Gasteiger partial charge in [0, 0.05) is 5.56 Å². The Morgan fingerprint density at radius 1 is 1.06 bits per heavy atom. The topological polar surface area (TPSA) is 26.0 Å². The fraction of sp³-hybridized carbons (Fsp3) is 0.250. The standard InChI is InChI=1S/C12H10F3NO/c1-7-8(2)17-11(16-7)9-3-5-10(6-4-9)12(13,14)15/h3-6H,1-2H3. The van der Waals surface area contributed by atoms with Gasteiger partial charge in [0.05, 0.1) is 11.3 Å². The molecule has 0 bridgehead atoms. The first-order valence-electron chi connectivity index (χ1n) is 4.99. The first-order chi connectivity index (χ1) is 7.88. The quantitative estimate of drug-likeness (QED) is 0.754. The Balaban J connectivity index is 2.36. The lowest BCUT2D eigenvalue weighted by molar-refractivity contribution is -0.137. The summed E-state index contributed by atoms with van der Waals surface area (Å²) < 4.78 is 42.4. The Hall–Kier alpha value is -1.78. The van der Waals surface area contributed by atoms with Crippen LogP contribution in [0.25, 0.3) is 11.5 Å². The number of alkyl halides is 3. The molecule has 0 spiro atoms. The third-order valence-electron chi connectivity index (χ3n) is 2.49. The van der Waals surface area contributed by atoms with E-state index in [9.17, 15) is 13.2 Å². The van der Waals surface area contributed by atoms with Crippen LogP contribution in [-0.4, -0.2) is 4.98 Å². The second-order valence-corrected chi connectivity index (χ2v) is 3.74. The average molecular weight is 241 g/mol. The second-order valence-electron chi connectivity index (χ2n) is 3.74. The molecule has 0 unspecified atom stereocenters. The summed E-state index contributed by atoms with van der Waals surface area (Å²) in [6, 6.07) is 4.75. The van der Waals surface area contributed by atoms with Gasteiger partial charge >= 0.3 is 6.18 Å². The number of benzene rings is 1. The molecular formula is C12H10F3NO. The molecular weight excluding hydrogens is 231 g/mol. The Kier molecular flexibility index (Phi) is 2.69. The summed E-state index contributed by atoms with van der Waals surface area (Å²) in [5, 5.41) is 0. The van der Waals surface area contributed by atoms with Gasteiger partial charge in [0.1, 0.15) is 5.76 Å². The molecule has 0 aliphatic heterocycles. The van der Waals surface area contributed by atoms with Crippen molar-refractivity contribution in [2.24, 2.45) is 0 Å². The van der Waals surface area contributed by atoms with Crippen molar-refractivity contribution in [2.45, 2.75) is 20.0 Å². The number of aromatic nitrogens is 1. The van der Waals surface area contributed by atoms with E-state index < -0.39 is 11.7 Å². The van der Waals surface area contributed by atoms with Crippen molar-refractivity contribution < 1.29 is 17.6 Å². The maximum absolute atomic E-state index is 12.4. The summed E-state index contributed by atoms with van der Waals surface area (Å²) in [5.74, 6) is 1.01.